The van der Waals surface area contributed by atoms with E-state index in [1.54, 1.807) is 0 Å². The molecule has 0 fully saturated rings. The molecule has 0 radical (unpaired) electrons. The lowest BCUT2D eigenvalue weighted by Crippen LogP contribution is -2.60. The molecule has 0 bridgehead atoms. The highest BCUT2D eigenvalue weighted by Gasteiger charge is 2.59. The molecule has 0 saturated carbocycles. The molecule has 0 aliphatic carbocycles. The van der Waals surface area contributed by atoms with Gasteiger partial charge in [0, 0.05) is 28.6 Å². The van der Waals surface area contributed by atoms with Crippen molar-refractivity contribution in [3.8, 4) is 5.88 Å². The van der Waals surface area contributed by atoms with Crippen molar-refractivity contribution in [3.05, 3.63) is 53.0 Å². The number of benzene rings is 1. The molecule has 2 atom stereocenters. The van der Waals surface area contributed by atoms with E-state index in [1.807, 2.05) is 0 Å². The van der Waals surface area contributed by atoms with Gasteiger partial charge in [-0.2, -0.15) is 13.2 Å². The number of hydrogen-bond acceptors (Lipinski definition) is 6. The molecular formula is C21H20F6N4O3. The van der Waals surface area contributed by atoms with Crippen LogP contribution in [-0.4, -0.2) is 35.3 Å². The van der Waals surface area contributed by atoms with Gasteiger partial charge < -0.3 is 15.2 Å². The van der Waals surface area contributed by atoms with Gasteiger partial charge in [0.1, 0.15) is 17.2 Å². The molecule has 2 aromatic rings. The topological polar surface area (TPSA) is 98.8 Å². The van der Waals surface area contributed by atoms with Crippen LogP contribution in [0.1, 0.15) is 37.0 Å². The summed E-state index contributed by atoms with van der Waals surface area (Å²) >= 11 is 0. The monoisotopic (exact) mass is 490 g/mol. The standard InChI is InChI=1S/C21H20F6N4O3/c1-10-6-11(15(23)24)8-29-16(10)34-18(32)30-12-4-5-14(22)13(7-12)19(2)9-33-20(3,17(28)31-19)21(25,26)27/h4-8,15H,9H2,1-3H3,(H2,28,31)(H,30,32)/t19-,20+/m0/s1. The van der Waals surface area contributed by atoms with Crippen molar-refractivity contribution in [2.24, 2.45) is 10.7 Å². The Morgan fingerprint density at radius 1 is 1.26 bits per heavy atom. The Bertz CT molecular complexity index is 1140. The van der Waals surface area contributed by atoms with Gasteiger partial charge in [-0.05, 0) is 45.0 Å². The number of pyridine rings is 1. The van der Waals surface area contributed by atoms with Crippen molar-refractivity contribution in [2.75, 3.05) is 11.9 Å². The van der Waals surface area contributed by atoms with Crippen molar-refractivity contribution in [1.82, 2.24) is 4.98 Å². The maximum Gasteiger partial charge on any atom is 0.424 e. The summed E-state index contributed by atoms with van der Waals surface area (Å²) in [6.07, 6.45) is -7.79. The molecular weight excluding hydrogens is 470 g/mol. The van der Waals surface area contributed by atoms with Crippen molar-refractivity contribution >= 4 is 17.6 Å². The van der Waals surface area contributed by atoms with Gasteiger partial charge in [0.15, 0.2) is 0 Å². The molecule has 2 heterocycles. The summed E-state index contributed by atoms with van der Waals surface area (Å²) in [4.78, 5) is 19.8. The van der Waals surface area contributed by atoms with E-state index >= 15 is 0 Å². The fraction of sp³-hybridized carbons (Fsp3) is 0.381. The molecule has 34 heavy (non-hydrogen) atoms. The fourth-order valence-corrected chi connectivity index (χ4v) is 3.19. The number of ether oxygens (including phenoxy) is 2. The number of alkyl halides is 5. The number of amides is 1. The van der Waals surface area contributed by atoms with Gasteiger partial charge in [-0.1, -0.05) is 0 Å². The second-order valence-corrected chi connectivity index (χ2v) is 7.99. The second-order valence-electron chi connectivity index (χ2n) is 7.99. The highest BCUT2D eigenvalue weighted by atomic mass is 19.4. The van der Waals surface area contributed by atoms with E-state index in [4.69, 9.17) is 15.2 Å². The van der Waals surface area contributed by atoms with Gasteiger partial charge in [-0.15, -0.1) is 0 Å². The molecule has 1 amide bonds. The number of amidine groups is 1. The molecule has 0 saturated heterocycles. The predicted octanol–water partition coefficient (Wildman–Crippen LogP) is 5.00. The van der Waals surface area contributed by atoms with Crippen LogP contribution in [0.5, 0.6) is 5.88 Å². The summed E-state index contributed by atoms with van der Waals surface area (Å²) in [5, 5.41) is 2.31. The van der Waals surface area contributed by atoms with Gasteiger partial charge in [-0.25, -0.2) is 22.9 Å². The third-order valence-electron chi connectivity index (χ3n) is 5.32. The lowest BCUT2D eigenvalue weighted by molar-refractivity contribution is -0.249. The summed E-state index contributed by atoms with van der Waals surface area (Å²) in [5.41, 5.74) is 0.760. The first kappa shape index (κ1) is 25.3. The van der Waals surface area contributed by atoms with E-state index in [-0.39, 0.29) is 28.3 Å². The number of nitrogens with zero attached hydrogens (tertiary/aromatic N) is 2. The third-order valence-corrected chi connectivity index (χ3v) is 5.32. The first-order chi connectivity index (χ1) is 15.7. The third kappa shape index (κ3) is 4.79. The number of anilines is 1. The molecule has 0 spiro atoms. The van der Waals surface area contributed by atoms with E-state index in [0.29, 0.717) is 0 Å². The maximum atomic E-state index is 14.6. The smallest absolute Gasteiger partial charge is 0.391 e. The fourth-order valence-electron chi connectivity index (χ4n) is 3.19. The van der Waals surface area contributed by atoms with Crippen molar-refractivity contribution in [1.29, 1.82) is 0 Å². The number of aromatic nitrogens is 1. The number of halogens is 6. The minimum Gasteiger partial charge on any atom is -0.391 e. The first-order valence-electron chi connectivity index (χ1n) is 9.76. The van der Waals surface area contributed by atoms with E-state index in [9.17, 15) is 31.1 Å². The highest BCUT2D eigenvalue weighted by Crippen LogP contribution is 2.41. The molecule has 3 rings (SSSR count). The predicted molar refractivity (Wildman–Crippen MR) is 109 cm³/mol. The van der Waals surface area contributed by atoms with Crippen molar-refractivity contribution in [2.45, 2.75) is 44.5 Å². The Balaban J connectivity index is 1.83. The van der Waals surface area contributed by atoms with E-state index in [2.05, 4.69) is 15.3 Å². The Labute approximate surface area is 190 Å². The lowest BCUT2D eigenvalue weighted by Gasteiger charge is -2.41. The lowest BCUT2D eigenvalue weighted by atomic mass is 9.89. The van der Waals surface area contributed by atoms with Gasteiger partial charge in [0.25, 0.3) is 6.43 Å². The highest BCUT2D eigenvalue weighted by molar-refractivity contribution is 5.91. The Morgan fingerprint density at radius 3 is 2.50 bits per heavy atom. The van der Waals surface area contributed by atoms with Crippen LogP contribution in [0.15, 0.2) is 35.5 Å². The van der Waals surface area contributed by atoms with Crippen LogP contribution in [0.3, 0.4) is 0 Å². The molecule has 3 N–H and O–H groups in total. The van der Waals surface area contributed by atoms with Gasteiger partial charge in [0.05, 0.1) is 6.61 Å². The quantitative estimate of drug-likeness (QED) is 0.588. The molecule has 1 aliphatic heterocycles. The van der Waals surface area contributed by atoms with E-state index in [1.165, 1.54) is 19.9 Å². The summed E-state index contributed by atoms with van der Waals surface area (Å²) < 4.78 is 90.0. The van der Waals surface area contributed by atoms with Crippen LogP contribution < -0.4 is 15.8 Å². The Hall–Kier alpha value is -3.35. The van der Waals surface area contributed by atoms with Crippen LogP contribution in [0.4, 0.5) is 36.8 Å². The average molecular weight is 490 g/mol. The number of aryl methyl sites for hydroxylation is 1. The number of hydrogen-bond donors (Lipinski definition) is 2. The average Bonchev–Trinajstić information content (AvgIpc) is 2.73. The van der Waals surface area contributed by atoms with Crippen LogP contribution in [0, 0.1) is 12.7 Å². The second kappa shape index (κ2) is 8.78. The van der Waals surface area contributed by atoms with Crippen LogP contribution in [-0.2, 0) is 10.3 Å². The number of carbonyl (C=O) groups excluding carboxylic acids is 1. The van der Waals surface area contributed by atoms with Crippen LogP contribution in [0.2, 0.25) is 0 Å². The minimum absolute atomic E-state index is 0.0161. The molecule has 184 valence electrons. The Morgan fingerprint density at radius 2 is 1.94 bits per heavy atom. The van der Waals surface area contributed by atoms with Crippen LogP contribution in [0.25, 0.3) is 0 Å². The minimum atomic E-state index is -4.84. The van der Waals surface area contributed by atoms with Crippen molar-refractivity contribution in [3.63, 3.8) is 0 Å². The zero-order chi connectivity index (χ0) is 25.5. The summed E-state index contributed by atoms with van der Waals surface area (Å²) in [7, 11) is 0. The molecule has 1 aliphatic rings. The van der Waals surface area contributed by atoms with Crippen molar-refractivity contribution < 1.29 is 40.6 Å². The number of rotatable bonds is 4. The number of aliphatic imine (C=N–C) groups is 1. The first-order valence-corrected chi connectivity index (χ1v) is 9.76. The van der Waals surface area contributed by atoms with Gasteiger partial charge >= 0.3 is 12.3 Å². The Kier molecular flexibility index (Phi) is 6.53. The molecule has 7 nitrogen and oxygen atoms in total. The number of nitrogens with one attached hydrogen (secondary N) is 1. The maximum absolute atomic E-state index is 14.6. The number of nitrogens with two attached hydrogens (primary N) is 1. The van der Waals surface area contributed by atoms with Gasteiger partial charge in [0.2, 0.25) is 11.5 Å². The normalized spacial score (nSPS) is 22.9. The van der Waals surface area contributed by atoms with E-state index < -0.39 is 48.1 Å². The summed E-state index contributed by atoms with van der Waals surface area (Å²) in [5.74, 6) is -1.92. The summed E-state index contributed by atoms with van der Waals surface area (Å²) in [6, 6.07) is 4.41. The molecule has 1 aromatic carbocycles. The van der Waals surface area contributed by atoms with Crippen LogP contribution >= 0.6 is 0 Å². The number of carbonyl (C=O) groups is 1. The molecule has 0 unspecified atom stereocenters. The zero-order valence-corrected chi connectivity index (χ0v) is 18.1. The molecule has 1 aromatic heterocycles. The zero-order valence-electron chi connectivity index (χ0n) is 18.1. The largest absolute Gasteiger partial charge is 0.424 e. The summed E-state index contributed by atoms with van der Waals surface area (Å²) in [6.45, 7) is 2.82. The van der Waals surface area contributed by atoms with Gasteiger partial charge in [-0.3, -0.25) is 10.3 Å². The molecule has 13 heteroatoms. The SMILES string of the molecule is Cc1cc(C(F)F)cnc1OC(=O)Nc1ccc(F)c([C@]2(C)CO[C@@](C)(C(F)(F)F)C(N)=N2)c1. The van der Waals surface area contributed by atoms with E-state index in [0.717, 1.165) is 31.3 Å².